The van der Waals surface area contributed by atoms with Gasteiger partial charge in [0, 0.05) is 17.4 Å². The Labute approximate surface area is 105 Å². The van der Waals surface area contributed by atoms with E-state index in [2.05, 4.69) is 5.32 Å². The van der Waals surface area contributed by atoms with Crippen molar-refractivity contribution in [3.8, 4) is 0 Å². The van der Waals surface area contributed by atoms with E-state index in [-0.39, 0.29) is 0 Å². The number of nitrogen functional groups attached to an aromatic ring is 1. The number of amides is 1. The minimum absolute atomic E-state index is 0.413. The van der Waals surface area contributed by atoms with Gasteiger partial charge in [-0.25, -0.2) is 0 Å². The minimum Gasteiger partial charge on any atom is -0.399 e. The Morgan fingerprint density at radius 2 is 2.06 bits per heavy atom. The molecule has 1 aromatic carbocycles. The van der Waals surface area contributed by atoms with Gasteiger partial charge in [0.2, 0.25) is 0 Å². The van der Waals surface area contributed by atoms with Gasteiger partial charge < -0.3 is 16.8 Å². The lowest BCUT2D eigenvalue weighted by Crippen LogP contribution is -2.26. The molecule has 0 aromatic heterocycles. The van der Waals surface area contributed by atoms with Crippen molar-refractivity contribution in [2.45, 2.75) is 18.9 Å². The van der Waals surface area contributed by atoms with Gasteiger partial charge in [0.05, 0.1) is 5.56 Å². The van der Waals surface area contributed by atoms with Crippen molar-refractivity contribution in [3.05, 3.63) is 23.8 Å². The van der Waals surface area contributed by atoms with Crippen LogP contribution in [0.1, 0.15) is 23.2 Å². The molecule has 1 aliphatic heterocycles. The van der Waals surface area contributed by atoms with Gasteiger partial charge in [-0.05, 0) is 42.5 Å². The standard InChI is InChI=1S/C12H17N3OS/c13-8-1-2-10(12(14)16)11(7-8)15-9-3-5-17-6-4-9/h1-2,7,9,15H,3-6,13H2,(H2,14,16). The first-order valence-electron chi connectivity index (χ1n) is 5.70. The summed E-state index contributed by atoms with van der Waals surface area (Å²) in [7, 11) is 0. The Bertz CT molecular complexity index is 416. The minimum atomic E-state index is -0.419. The monoisotopic (exact) mass is 251 g/mol. The molecular weight excluding hydrogens is 234 g/mol. The van der Waals surface area contributed by atoms with Gasteiger partial charge in [0.15, 0.2) is 0 Å². The highest BCUT2D eigenvalue weighted by atomic mass is 32.2. The van der Waals surface area contributed by atoms with Gasteiger partial charge in [-0.3, -0.25) is 4.79 Å². The average molecular weight is 251 g/mol. The molecule has 0 atom stereocenters. The molecule has 5 N–H and O–H groups in total. The van der Waals surface area contributed by atoms with E-state index in [1.165, 1.54) is 0 Å². The second kappa shape index (κ2) is 5.31. The number of hydrogen-bond acceptors (Lipinski definition) is 4. The van der Waals surface area contributed by atoms with E-state index in [0.717, 1.165) is 30.0 Å². The van der Waals surface area contributed by atoms with Crippen molar-refractivity contribution < 1.29 is 4.79 Å². The fourth-order valence-electron chi connectivity index (χ4n) is 1.96. The first-order chi connectivity index (χ1) is 8.16. The number of nitrogens with one attached hydrogen (secondary N) is 1. The summed E-state index contributed by atoms with van der Waals surface area (Å²) in [6.07, 6.45) is 2.22. The van der Waals surface area contributed by atoms with Crippen molar-refractivity contribution in [3.63, 3.8) is 0 Å². The third-order valence-corrected chi connectivity index (χ3v) is 3.94. The van der Waals surface area contributed by atoms with Crippen LogP contribution in [0.25, 0.3) is 0 Å². The molecule has 0 aliphatic carbocycles. The number of anilines is 2. The second-order valence-corrected chi connectivity index (χ2v) is 5.43. The van der Waals surface area contributed by atoms with E-state index in [9.17, 15) is 4.79 Å². The predicted octanol–water partition coefficient (Wildman–Crippen LogP) is 1.68. The highest BCUT2D eigenvalue weighted by molar-refractivity contribution is 7.99. The topological polar surface area (TPSA) is 81.1 Å². The van der Waals surface area contributed by atoms with Gasteiger partial charge in [-0.15, -0.1) is 0 Å². The molecule has 0 bridgehead atoms. The van der Waals surface area contributed by atoms with Crippen LogP contribution in [-0.2, 0) is 0 Å². The number of rotatable bonds is 3. The van der Waals surface area contributed by atoms with E-state index in [1.54, 1.807) is 18.2 Å². The summed E-state index contributed by atoms with van der Waals surface area (Å²) in [5.74, 6) is 1.90. The quantitative estimate of drug-likeness (QED) is 0.714. The average Bonchev–Trinajstić information content (AvgIpc) is 2.30. The van der Waals surface area contributed by atoms with Crippen molar-refractivity contribution in [1.82, 2.24) is 0 Å². The summed E-state index contributed by atoms with van der Waals surface area (Å²) in [4.78, 5) is 11.3. The predicted molar refractivity (Wildman–Crippen MR) is 73.3 cm³/mol. The number of carbonyl (C=O) groups excluding carboxylic acids is 1. The first-order valence-corrected chi connectivity index (χ1v) is 6.86. The Morgan fingerprint density at radius 3 is 2.71 bits per heavy atom. The molecule has 0 saturated carbocycles. The van der Waals surface area contributed by atoms with Crippen molar-refractivity contribution in [2.75, 3.05) is 22.6 Å². The summed E-state index contributed by atoms with van der Waals surface area (Å²) < 4.78 is 0. The van der Waals surface area contributed by atoms with Crippen LogP contribution < -0.4 is 16.8 Å². The first kappa shape index (κ1) is 12.1. The number of thioether (sulfide) groups is 1. The third kappa shape index (κ3) is 3.06. The molecule has 0 spiro atoms. The summed E-state index contributed by atoms with van der Waals surface area (Å²) in [6.45, 7) is 0. The van der Waals surface area contributed by atoms with Crippen LogP contribution >= 0.6 is 11.8 Å². The van der Waals surface area contributed by atoms with Crippen molar-refractivity contribution >= 4 is 29.0 Å². The second-order valence-electron chi connectivity index (χ2n) is 4.20. The highest BCUT2D eigenvalue weighted by Crippen LogP contribution is 2.24. The SMILES string of the molecule is NC(=O)c1ccc(N)cc1NC1CCSCC1. The maximum absolute atomic E-state index is 11.3. The van der Waals surface area contributed by atoms with Crippen LogP contribution in [0.5, 0.6) is 0 Å². The lowest BCUT2D eigenvalue weighted by atomic mass is 10.1. The van der Waals surface area contributed by atoms with Crippen LogP contribution in [0, 0.1) is 0 Å². The van der Waals surface area contributed by atoms with Gasteiger partial charge in [-0.1, -0.05) is 0 Å². The van der Waals surface area contributed by atoms with Crippen LogP contribution in [0.15, 0.2) is 18.2 Å². The molecule has 1 aromatic rings. The smallest absolute Gasteiger partial charge is 0.250 e. The van der Waals surface area contributed by atoms with Gasteiger partial charge in [-0.2, -0.15) is 11.8 Å². The van der Waals surface area contributed by atoms with Crippen LogP contribution in [0.3, 0.4) is 0 Å². The maximum atomic E-state index is 11.3. The molecule has 1 heterocycles. The van der Waals surface area contributed by atoms with E-state index >= 15 is 0 Å². The number of hydrogen-bond donors (Lipinski definition) is 3. The number of benzene rings is 1. The van der Waals surface area contributed by atoms with E-state index < -0.39 is 5.91 Å². The third-order valence-electron chi connectivity index (χ3n) is 2.89. The Hall–Kier alpha value is -1.36. The molecule has 1 amide bonds. The molecule has 1 fully saturated rings. The van der Waals surface area contributed by atoms with E-state index in [0.29, 0.717) is 17.3 Å². The van der Waals surface area contributed by atoms with Crippen molar-refractivity contribution in [2.24, 2.45) is 5.73 Å². The fraction of sp³-hybridized carbons (Fsp3) is 0.417. The molecule has 92 valence electrons. The molecule has 4 nitrogen and oxygen atoms in total. The summed E-state index contributed by atoms with van der Waals surface area (Å²) in [6, 6.07) is 5.57. The van der Waals surface area contributed by atoms with Crippen LogP contribution in [0.4, 0.5) is 11.4 Å². The summed E-state index contributed by atoms with van der Waals surface area (Å²) in [5.41, 5.74) is 13.0. The van der Waals surface area contributed by atoms with E-state index in [1.807, 2.05) is 11.8 Å². The Balaban J connectivity index is 2.17. The zero-order chi connectivity index (χ0) is 12.3. The molecule has 0 radical (unpaired) electrons. The van der Waals surface area contributed by atoms with Gasteiger partial charge >= 0.3 is 0 Å². The molecule has 1 aliphatic rings. The van der Waals surface area contributed by atoms with E-state index in [4.69, 9.17) is 11.5 Å². The highest BCUT2D eigenvalue weighted by Gasteiger charge is 2.16. The zero-order valence-electron chi connectivity index (χ0n) is 9.61. The summed E-state index contributed by atoms with van der Waals surface area (Å²) in [5, 5.41) is 3.38. The molecular formula is C12H17N3OS. The Morgan fingerprint density at radius 1 is 1.35 bits per heavy atom. The number of carbonyl (C=O) groups is 1. The zero-order valence-corrected chi connectivity index (χ0v) is 10.4. The molecule has 5 heteroatoms. The van der Waals surface area contributed by atoms with Crippen LogP contribution in [-0.4, -0.2) is 23.5 Å². The van der Waals surface area contributed by atoms with Crippen LogP contribution in [0.2, 0.25) is 0 Å². The Kier molecular flexibility index (Phi) is 3.78. The largest absolute Gasteiger partial charge is 0.399 e. The van der Waals surface area contributed by atoms with Gasteiger partial charge in [0.1, 0.15) is 0 Å². The van der Waals surface area contributed by atoms with Crippen molar-refractivity contribution in [1.29, 1.82) is 0 Å². The lowest BCUT2D eigenvalue weighted by Gasteiger charge is -2.24. The normalized spacial score (nSPS) is 16.7. The fourth-order valence-corrected chi connectivity index (χ4v) is 3.06. The molecule has 0 unspecified atom stereocenters. The number of nitrogens with two attached hydrogens (primary N) is 2. The number of primary amides is 1. The summed E-state index contributed by atoms with van der Waals surface area (Å²) >= 11 is 1.97. The lowest BCUT2D eigenvalue weighted by molar-refractivity contribution is 0.100. The maximum Gasteiger partial charge on any atom is 0.250 e. The van der Waals surface area contributed by atoms with Gasteiger partial charge in [0.25, 0.3) is 5.91 Å². The molecule has 2 rings (SSSR count). The molecule has 17 heavy (non-hydrogen) atoms. The molecule has 1 saturated heterocycles.